The summed E-state index contributed by atoms with van der Waals surface area (Å²) in [7, 11) is 0. The molecule has 0 saturated heterocycles. The molecular formula is C19H18BrNOS. The Labute approximate surface area is 149 Å². The van der Waals surface area contributed by atoms with Crippen LogP contribution in [-0.4, -0.2) is 0 Å². The Morgan fingerprint density at radius 2 is 1.78 bits per heavy atom. The predicted octanol–water partition coefficient (Wildman–Crippen LogP) is 5.38. The zero-order chi connectivity index (χ0) is 15.9. The monoisotopic (exact) mass is 387 g/mol. The minimum absolute atomic E-state index is 0.579. The molecule has 0 fully saturated rings. The number of thiophene rings is 1. The van der Waals surface area contributed by atoms with Crippen LogP contribution in [0.5, 0.6) is 5.75 Å². The molecule has 0 aliphatic rings. The van der Waals surface area contributed by atoms with Crippen molar-refractivity contribution in [3.63, 3.8) is 0 Å². The highest BCUT2D eigenvalue weighted by Crippen LogP contribution is 2.27. The number of halogens is 1. The van der Waals surface area contributed by atoms with Crippen LogP contribution in [0.3, 0.4) is 0 Å². The van der Waals surface area contributed by atoms with E-state index in [1.807, 2.05) is 24.3 Å². The van der Waals surface area contributed by atoms with Crippen molar-refractivity contribution in [1.82, 2.24) is 5.32 Å². The Morgan fingerprint density at radius 1 is 0.913 bits per heavy atom. The van der Waals surface area contributed by atoms with Crippen molar-refractivity contribution in [2.75, 3.05) is 0 Å². The third-order valence-corrected chi connectivity index (χ3v) is 4.94. The summed E-state index contributed by atoms with van der Waals surface area (Å²) in [5.41, 5.74) is 2.40. The summed E-state index contributed by atoms with van der Waals surface area (Å²) in [6.45, 7) is 2.33. The number of nitrogens with one attached hydrogen (secondary N) is 1. The first-order valence-corrected chi connectivity index (χ1v) is 9.17. The van der Waals surface area contributed by atoms with E-state index in [1.54, 1.807) is 11.3 Å². The molecule has 0 aliphatic carbocycles. The molecule has 0 unspecified atom stereocenters. The van der Waals surface area contributed by atoms with Gasteiger partial charge in [0.15, 0.2) is 0 Å². The summed E-state index contributed by atoms with van der Waals surface area (Å²) in [5, 5.41) is 5.56. The molecule has 23 heavy (non-hydrogen) atoms. The zero-order valence-electron chi connectivity index (χ0n) is 12.7. The Morgan fingerprint density at radius 3 is 2.52 bits per heavy atom. The highest BCUT2D eigenvalue weighted by atomic mass is 79.9. The van der Waals surface area contributed by atoms with Gasteiger partial charge in [-0.1, -0.05) is 42.5 Å². The van der Waals surface area contributed by atoms with Gasteiger partial charge in [-0.2, -0.15) is 0 Å². The minimum Gasteiger partial charge on any atom is -0.488 e. The van der Waals surface area contributed by atoms with Crippen LogP contribution in [-0.2, 0) is 19.7 Å². The van der Waals surface area contributed by atoms with Crippen LogP contribution in [0.15, 0.2) is 70.5 Å². The molecule has 3 aromatic rings. The van der Waals surface area contributed by atoms with Crippen molar-refractivity contribution in [2.24, 2.45) is 0 Å². The molecule has 0 aliphatic heterocycles. The summed E-state index contributed by atoms with van der Waals surface area (Å²) in [5.74, 6) is 0.871. The van der Waals surface area contributed by atoms with E-state index < -0.39 is 0 Å². The van der Waals surface area contributed by atoms with Crippen LogP contribution < -0.4 is 10.1 Å². The molecule has 4 heteroatoms. The summed E-state index contributed by atoms with van der Waals surface area (Å²) >= 11 is 5.38. The molecule has 0 radical (unpaired) electrons. The summed E-state index contributed by atoms with van der Waals surface area (Å²) in [4.78, 5) is 1.35. The number of hydrogen-bond donors (Lipinski definition) is 1. The lowest BCUT2D eigenvalue weighted by Gasteiger charge is -2.10. The quantitative estimate of drug-likeness (QED) is 0.587. The maximum Gasteiger partial charge on any atom is 0.134 e. The first kappa shape index (κ1) is 16.2. The topological polar surface area (TPSA) is 21.3 Å². The molecule has 118 valence electrons. The van der Waals surface area contributed by atoms with Crippen molar-refractivity contribution in [3.05, 3.63) is 86.5 Å². The first-order valence-electron chi connectivity index (χ1n) is 7.49. The molecule has 1 heterocycles. The van der Waals surface area contributed by atoms with Crippen LogP contribution in [0, 0.1) is 0 Å². The fourth-order valence-electron chi connectivity index (χ4n) is 2.25. The van der Waals surface area contributed by atoms with E-state index in [1.165, 1.54) is 16.0 Å². The molecule has 2 aromatic carbocycles. The predicted molar refractivity (Wildman–Crippen MR) is 99.8 cm³/mol. The van der Waals surface area contributed by atoms with Crippen LogP contribution in [0.4, 0.5) is 0 Å². The molecule has 0 spiro atoms. The molecular weight excluding hydrogens is 370 g/mol. The van der Waals surface area contributed by atoms with Crippen molar-refractivity contribution < 1.29 is 4.74 Å². The van der Waals surface area contributed by atoms with Crippen molar-refractivity contribution in [3.8, 4) is 5.75 Å². The van der Waals surface area contributed by atoms with Gasteiger partial charge in [-0.15, -0.1) is 11.3 Å². The second kappa shape index (κ2) is 8.29. The van der Waals surface area contributed by atoms with E-state index in [-0.39, 0.29) is 0 Å². The third kappa shape index (κ3) is 4.93. The van der Waals surface area contributed by atoms with Gasteiger partial charge in [0, 0.05) is 18.0 Å². The van der Waals surface area contributed by atoms with Gasteiger partial charge in [0.1, 0.15) is 12.4 Å². The summed E-state index contributed by atoms with van der Waals surface area (Å²) in [6.07, 6.45) is 0. The molecule has 3 rings (SSSR count). The maximum absolute atomic E-state index is 5.88. The second-order valence-corrected chi connectivity index (χ2v) is 7.11. The number of benzene rings is 2. The number of hydrogen-bond acceptors (Lipinski definition) is 3. The summed E-state index contributed by atoms with van der Waals surface area (Å²) < 4.78 is 6.87. The lowest BCUT2D eigenvalue weighted by molar-refractivity contribution is 0.304. The number of rotatable bonds is 7. The van der Waals surface area contributed by atoms with Crippen LogP contribution >= 0.6 is 27.3 Å². The maximum atomic E-state index is 5.88. The molecule has 2 nitrogen and oxygen atoms in total. The Bertz CT molecular complexity index is 728. The molecule has 0 amide bonds. The molecule has 1 N–H and O–H groups in total. The molecule has 0 saturated carbocycles. The first-order chi connectivity index (χ1) is 11.3. The van der Waals surface area contributed by atoms with Gasteiger partial charge < -0.3 is 10.1 Å². The van der Waals surface area contributed by atoms with Gasteiger partial charge >= 0.3 is 0 Å². The van der Waals surface area contributed by atoms with E-state index >= 15 is 0 Å². The third-order valence-electron chi connectivity index (χ3n) is 3.44. The second-order valence-electron chi connectivity index (χ2n) is 5.22. The Kier molecular flexibility index (Phi) is 5.86. The van der Waals surface area contributed by atoms with Gasteiger partial charge in [-0.3, -0.25) is 0 Å². The SMILES string of the molecule is Brc1cc(CNCc2cccs2)ccc1OCc1ccccc1. The van der Waals surface area contributed by atoms with Gasteiger partial charge in [0.05, 0.1) is 4.47 Å². The van der Waals surface area contributed by atoms with E-state index in [0.717, 1.165) is 23.3 Å². The van der Waals surface area contributed by atoms with Gasteiger partial charge in [0.25, 0.3) is 0 Å². The standard InChI is InChI=1S/C19H18BrNOS/c20-18-11-16(12-21-13-17-7-4-10-23-17)8-9-19(18)22-14-15-5-2-1-3-6-15/h1-11,21H,12-14H2. The van der Waals surface area contributed by atoms with Crippen molar-refractivity contribution in [2.45, 2.75) is 19.7 Å². The van der Waals surface area contributed by atoms with E-state index in [4.69, 9.17) is 4.74 Å². The van der Waals surface area contributed by atoms with E-state index in [0.29, 0.717) is 6.61 Å². The fourth-order valence-corrected chi connectivity index (χ4v) is 3.47. The van der Waals surface area contributed by atoms with E-state index in [2.05, 4.69) is 63.0 Å². The fraction of sp³-hybridized carbons (Fsp3) is 0.158. The average Bonchev–Trinajstić information content (AvgIpc) is 3.08. The van der Waals surface area contributed by atoms with E-state index in [9.17, 15) is 0 Å². The van der Waals surface area contributed by atoms with Gasteiger partial charge in [0.2, 0.25) is 0 Å². The minimum atomic E-state index is 0.579. The molecule has 0 atom stereocenters. The van der Waals surface area contributed by atoms with Crippen molar-refractivity contribution in [1.29, 1.82) is 0 Å². The number of ether oxygens (including phenoxy) is 1. The summed E-state index contributed by atoms with van der Waals surface area (Å²) in [6, 6.07) is 20.7. The average molecular weight is 388 g/mol. The Balaban J connectivity index is 1.53. The van der Waals surface area contributed by atoms with Crippen LogP contribution in [0.2, 0.25) is 0 Å². The largest absolute Gasteiger partial charge is 0.488 e. The highest BCUT2D eigenvalue weighted by molar-refractivity contribution is 9.10. The van der Waals surface area contributed by atoms with Crippen LogP contribution in [0.25, 0.3) is 0 Å². The zero-order valence-corrected chi connectivity index (χ0v) is 15.1. The lowest BCUT2D eigenvalue weighted by Crippen LogP contribution is -2.11. The van der Waals surface area contributed by atoms with Crippen LogP contribution in [0.1, 0.15) is 16.0 Å². The molecule has 1 aromatic heterocycles. The van der Waals surface area contributed by atoms with Crippen molar-refractivity contribution >= 4 is 27.3 Å². The lowest BCUT2D eigenvalue weighted by atomic mass is 10.2. The Hall–Kier alpha value is -1.62. The molecule has 0 bridgehead atoms. The smallest absolute Gasteiger partial charge is 0.134 e. The van der Waals surface area contributed by atoms with Gasteiger partial charge in [-0.05, 0) is 50.6 Å². The highest BCUT2D eigenvalue weighted by Gasteiger charge is 2.04. The van der Waals surface area contributed by atoms with Gasteiger partial charge in [-0.25, -0.2) is 0 Å². The normalized spacial score (nSPS) is 10.7.